The maximum atomic E-state index is 13.5. The molecule has 16 heavy (non-hydrogen) atoms. The van der Waals surface area contributed by atoms with Gasteiger partial charge in [0.05, 0.1) is 10.5 Å². The van der Waals surface area contributed by atoms with E-state index in [2.05, 4.69) is 21.2 Å². The third kappa shape index (κ3) is 2.74. The first-order valence-electron chi connectivity index (χ1n) is 4.64. The molecule has 0 saturated carbocycles. The van der Waals surface area contributed by atoms with Crippen LogP contribution in [0, 0.1) is 11.6 Å². The molecule has 0 spiro atoms. The summed E-state index contributed by atoms with van der Waals surface area (Å²) in [6.45, 7) is 1.78. The summed E-state index contributed by atoms with van der Waals surface area (Å²) in [4.78, 5) is 0. The number of benzene rings is 1. The number of hydrogen-bond acceptors (Lipinski definition) is 1. The predicted octanol–water partition coefficient (Wildman–Crippen LogP) is 3.64. The Morgan fingerprint density at radius 1 is 1.31 bits per heavy atom. The van der Waals surface area contributed by atoms with Crippen molar-refractivity contribution in [2.75, 3.05) is 6.54 Å². The summed E-state index contributed by atoms with van der Waals surface area (Å²) in [5.41, 5.74) is -0.633. The summed E-state index contributed by atoms with van der Waals surface area (Å²) in [5, 5.41) is 2.36. The summed E-state index contributed by atoms with van der Waals surface area (Å²) in [7, 11) is 0. The van der Waals surface area contributed by atoms with Crippen LogP contribution in [-0.2, 0) is 0 Å². The molecule has 1 nitrogen and oxygen atoms in total. The van der Waals surface area contributed by atoms with Crippen molar-refractivity contribution in [1.29, 1.82) is 0 Å². The van der Waals surface area contributed by atoms with Crippen molar-refractivity contribution >= 4 is 15.9 Å². The lowest BCUT2D eigenvalue weighted by atomic mass is 10.1. The van der Waals surface area contributed by atoms with Crippen LogP contribution in [0.2, 0.25) is 0 Å². The molecule has 0 heterocycles. The zero-order valence-electron chi connectivity index (χ0n) is 8.41. The molecule has 0 aromatic heterocycles. The lowest BCUT2D eigenvalue weighted by molar-refractivity contribution is 0.0955. The smallest absolute Gasteiger partial charge is 0.258 e. The number of nitrogens with one attached hydrogen (secondary N) is 1. The SMILES string of the molecule is CCNC(c1c(F)ccc(Br)c1F)C(F)F. The van der Waals surface area contributed by atoms with Gasteiger partial charge >= 0.3 is 0 Å². The monoisotopic (exact) mass is 299 g/mol. The summed E-state index contributed by atoms with van der Waals surface area (Å²) in [5.74, 6) is -1.97. The van der Waals surface area contributed by atoms with E-state index in [0.717, 1.165) is 12.1 Å². The fraction of sp³-hybridized carbons (Fsp3) is 0.400. The standard InChI is InChI=1S/C10H10BrF4N/c1-2-16-9(10(14)15)7-6(12)4-3-5(11)8(7)13/h3-4,9-10,16H,2H2,1H3. The van der Waals surface area contributed by atoms with E-state index in [1.165, 1.54) is 0 Å². The van der Waals surface area contributed by atoms with Crippen LogP contribution in [0.5, 0.6) is 0 Å². The Labute approximate surface area is 99.0 Å². The summed E-state index contributed by atoms with van der Waals surface area (Å²) in [6.07, 6.45) is -2.88. The molecule has 1 aromatic carbocycles. The first-order chi connectivity index (χ1) is 7.49. The third-order valence-corrected chi connectivity index (χ3v) is 2.68. The van der Waals surface area contributed by atoms with Crippen LogP contribution >= 0.6 is 15.9 Å². The second-order valence-electron chi connectivity index (χ2n) is 3.13. The highest BCUT2D eigenvalue weighted by Gasteiger charge is 2.28. The molecule has 0 fully saturated rings. The lowest BCUT2D eigenvalue weighted by Gasteiger charge is -2.19. The molecule has 1 unspecified atom stereocenters. The molecule has 0 aliphatic carbocycles. The van der Waals surface area contributed by atoms with E-state index in [4.69, 9.17) is 0 Å². The van der Waals surface area contributed by atoms with Gasteiger partial charge in [-0.15, -0.1) is 0 Å². The normalized spacial score (nSPS) is 13.2. The second kappa shape index (κ2) is 5.63. The van der Waals surface area contributed by atoms with Crippen LogP contribution in [0.15, 0.2) is 16.6 Å². The minimum Gasteiger partial charge on any atom is -0.305 e. The van der Waals surface area contributed by atoms with E-state index in [0.29, 0.717) is 0 Å². The molecule has 0 radical (unpaired) electrons. The van der Waals surface area contributed by atoms with E-state index < -0.39 is 29.7 Å². The first-order valence-corrected chi connectivity index (χ1v) is 5.43. The van der Waals surface area contributed by atoms with Crippen LogP contribution in [0.3, 0.4) is 0 Å². The van der Waals surface area contributed by atoms with Crippen molar-refractivity contribution in [3.8, 4) is 0 Å². The highest BCUT2D eigenvalue weighted by Crippen LogP contribution is 2.29. The number of rotatable bonds is 4. The average molecular weight is 300 g/mol. The Morgan fingerprint density at radius 2 is 1.94 bits per heavy atom. The van der Waals surface area contributed by atoms with Gasteiger partial charge in [0.2, 0.25) is 0 Å². The highest BCUT2D eigenvalue weighted by atomic mass is 79.9. The van der Waals surface area contributed by atoms with E-state index in [9.17, 15) is 17.6 Å². The van der Waals surface area contributed by atoms with E-state index >= 15 is 0 Å². The molecular formula is C10H10BrF4N. The third-order valence-electron chi connectivity index (χ3n) is 2.07. The van der Waals surface area contributed by atoms with E-state index in [1.54, 1.807) is 6.92 Å². The molecule has 0 saturated heterocycles. The average Bonchev–Trinajstić information content (AvgIpc) is 2.22. The maximum Gasteiger partial charge on any atom is 0.258 e. The molecule has 0 amide bonds. The number of alkyl halides is 2. The molecule has 0 aliphatic rings. The fourth-order valence-corrected chi connectivity index (χ4v) is 1.71. The van der Waals surface area contributed by atoms with Gasteiger partial charge in [-0.25, -0.2) is 17.6 Å². The van der Waals surface area contributed by atoms with Gasteiger partial charge in [-0.2, -0.15) is 0 Å². The molecular weight excluding hydrogens is 290 g/mol. The quantitative estimate of drug-likeness (QED) is 0.661. The zero-order valence-corrected chi connectivity index (χ0v) is 9.99. The predicted molar refractivity (Wildman–Crippen MR) is 56.5 cm³/mol. The molecule has 90 valence electrons. The topological polar surface area (TPSA) is 12.0 Å². The molecule has 1 rings (SSSR count). The maximum absolute atomic E-state index is 13.5. The molecule has 6 heteroatoms. The van der Waals surface area contributed by atoms with Gasteiger partial charge in [0.15, 0.2) is 0 Å². The highest BCUT2D eigenvalue weighted by molar-refractivity contribution is 9.10. The van der Waals surface area contributed by atoms with Crippen LogP contribution in [0.1, 0.15) is 18.5 Å². The molecule has 1 N–H and O–H groups in total. The fourth-order valence-electron chi connectivity index (χ4n) is 1.36. The van der Waals surface area contributed by atoms with Gasteiger partial charge in [0.1, 0.15) is 11.6 Å². The van der Waals surface area contributed by atoms with Crippen molar-refractivity contribution < 1.29 is 17.6 Å². The lowest BCUT2D eigenvalue weighted by Crippen LogP contribution is -2.29. The Morgan fingerprint density at radius 3 is 2.44 bits per heavy atom. The first kappa shape index (κ1) is 13.4. The largest absolute Gasteiger partial charge is 0.305 e. The molecule has 0 aliphatic heterocycles. The molecule has 1 atom stereocenters. The minimum absolute atomic E-state index is 0.0348. The van der Waals surface area contributed by atoms with Crippen LogP contribution in [0.25, 0.3) is 0 Å². The van der Waals surface area contributed by atoms with Crippen molar-refractivity contribution in [2.45, 2.75) is 19.4 Å². The van der Waals surface area contributed by atoms with Gasteiger partial charge in [0, 0.05) is 5.56 Å². The Balaban J connectivity index is 3.22. The van der Waals surface area contributed by atoms with Gasteiger partial charge in [0.25, 0.3) is 6.43 Å². The number of halogens is 5. The van der Waals surface area contributed by atoms with Crippen molar-refractivity contribution in [3.05, 3.63) is 33.8 Å². The van der Waals surface area contributed by atoms with Gasteiger partial charge in [-0.1, -0.05) is 6.92 Å². The van der Waals surface area contributed by atoms with Crippen molar-refractivity contribution in [2.24, 2.45) is 0 Å². The van der Waals surface area contributed by atoms with Gasteiger partial charge in [-0.3, -0.25) is 0 Å². The van der Waals surface area contributed by atoms with Gasteiger partial charge < -0.3 is 5.32 Å². The van der Waals surface area contributed by atoms with Crippen LogP contribution < -0.4 is 5.32 Å². The van der Waals surface area contributed by atoms with E-state index in [-0.39, 0.29) is 11.0 Å². The number of hydrogen-bond donors (Lipinski definition) is 1. The summed E-state index contributed by atoms with van der Waals surface area (Å²) >= 11 is 2.83. The van der Waals surface area contributed by atoms with Crippen LogP contribution in [-0.4, -0.2) is 13.0 Å². The second-order valence-corrected chi connectivity index (χ2v) is 3.98. The summed E-state index contributed by atoms with van der Waals surface area (Å²) < 4.78 is 52.1. The molecule has 1 aromatic rings. The minimum atomic E-state index is -2.88. The zero-order chi connectivity index (χ0) is 12.3. The Kier molecular flexibility index (Phi) is 4.73. The Bertz CT molecular complexity index is 370. The van der Waals surface area contributed by atoms with Crippen LogP contribution in [0.4, 0.5) is 17.6 Å². The Hall–Kier alpha value is -0.620. The van der Waals surface area contributed by atoms with Crippen molar-refractivity contribution in [3.63, 3.8) is 0 Å². The molecule has 0 bridgehead atoms. The summed E-state index contributed by atoms with van der Waals surface area (Å²) in [6, 6.07) is 0.459. The van der Waals surface area contributed by atoms with Gasteiger partial charge in [-0.05, 0) is 34.6 Å². The van der Waals surface area contributed by atoms with E-state index in [1.807, 2.05) is 0 Å². The van der Waals surface area contributed by atoms with Crippen molar-refractivity contribution in [1.82, 2.24) is 5.32 Å².